The monoisotopic (exact) mass is 178 g/mol. The van der Waals surface area contributed by atoms with E-state index in [2.05, 4.69) is 0 Å². The Kier molecular flexibility index (Phi) is 3.09. The van der Waals surface area contributed by atoms with E-state index in [1.807, 2.05) is 0 Å². The summed E-state index contributed by atoms with van der Waals surface area (Å²) in [6.07, 6.45) is 3.20. The molecule has 1 rings (SSSR count). The van der Waals surface area contributed by atoms with Crippen molar-refractivity contribution < 1.29 is 15.0 Å². The number of benzene rings is 1. The molecule has 0 bridgehead atoms. The van der Waals surface area contributed by atoms with E-state index in [0.717, 1.165) is 5.56 Å². The number of carboxylic acid groups (broad SMARTS) is 1. The number of rotatable bonds is 3. The normalized spacial score (nSPS) is 10.5. The molecular formula is C10H10O3. The molecule has 0 aliphatic heterocycles. The summed E-state index contributed by atoms with van der Waals surface area (Å²) in [6.45, 7) is 0. The van der Waals surface area contributed by atoms with Crippen LogP contribution in [-0.4, -0.2) is 16.2 Å². The van der Waals surface area contributed by atoms with Crippen LogP contribution in [0.1, 0.15) is 12.0 Å². The summed E-state index contributed by atoms with van der Waals surface area (Å²) in [6, 6.07) is 6.63. The number of phenols is 1. The van der Waals surface area contributed by atoms with Crippen LogP contribution in [0.2, 0.25) is 0 Å². The van der Waals surface area contributed by atoms with Crippen LogP contribution in [0.4, 0.5) is 0 Å². The molecule has 0 aliphatic rings. The first-order chi connectivity index (χ1) is 6.18. The van der Waals surface area contributed by atoms with Gasteiger partial charge in [-0.15, -0.1) is 0 Å². The van der Waals surface area contributed by atoms with Gasteiger partial charge in [0.15, 0.2) is 0 Å². The molecule has 0 radical (unpaired) electrons. The molecule has 3 heteroatoms. The van der Waals surface area contributed by atoms with Crippen molar-refractivity contribution in [2.24, 2.45) is 0 Å². The van der Waals surface area contributed by atoms with Crippen molar-refractivity contribution in [1.29, 1.82) is 0 Å². The lowest BCUT2D eigenvalue weighted by Crippen LogP contribution is -1.89. The molecule has 0 amide bonds. The molecule has 0 unspecified atom stereocenters. The van der Waals surface area contributed by atoms with Crippen LogP contribution >= 0.6 is 0 Å². The van der Waals surface area contributed by atoms with E-state index >= 15 is 0 Å². The van der Waals surface area contributed by atoms with Gasteiger partial charge in [-0.1, -0.05) is 24.3 Å². The largest absolute Gasteiger partial charge is 0.508 e. The Bertz CT molecular complexity index is 329. The van der Waals surface area contributed by atoms with Gasteiger partial charge in [0.05, 0.1) is 6.42 Å². The van der Waals surface area contributed by atoms with Crippen molar-refractivity contribution in [3.63, 3.8) is 0 Å². The Morgan fingerprint density at radius 1 is 1.46 bits per heavy atom. The summed E-state index contributed by atoms with van der Waals surface area (Å²) in [5.74, 6) is -0.686. The van der Waals surface area contributed by atoms with Gasteiger partial charge in [0.25, 0.3) is 0 Å². The maximum absolute atomic E-state index is 10.2. The lowest BCUT2D eigenvalue weighted by atomic mass is 10.2. The average Bonchev–Trinajstić information content (AvgIpc) is 2.03. The Morgan fingerprint density at radius 2 is 2.23 bits per heavy atom. The average molecular weight is 178 g/mol. The highest BCUT2D eigenvalue weighted by atomic mass is 16.4. The number of hydrogen-bond acceptors (Lipinski definition) is 2. The molecule has 0 aromatic heterocycles. The first kappa shape index (κ1) is 9.32. The zero-order valence-corrected chi connectivity index (χ0v) is 6.97. The fourth-order valence-electron chi connectivity index (χ4n) is 0.924. The molecule has 0 atom stereocenters. The zero-order valence-electron chi connectivity index (χ0n) is 6.97. The summed E-state index contributed by atoms with van der Waals surface area (Å²) in [4.78, 5) is 10.2. The molecule has 0 aliphatic carbocycles. The van der Waals surface area contributed by atoms with E-state index < -0.39 is 5.97 Å². The van der Waals surface area contributed by atoms with Crippen molar-refractivity contribution in [2.45, 2.75) is 6.42 Å². The molecule has 0 fully saturated rings. The predicted octanol–water partition coefficient (Wildman–Crippen LogP) is 1.88. The highest BCUT2D eigenvalue weighted by molar-refractivity contribution is 5.70. The molecular weight excluding hydrogens is 168 g/mol. The van der Waals surface area contributed by atoms with E-state index in [4.69, 9.17) is 10.2 Å². The van der Waals surface area contributed by atoms with E-state index in [1.165, 1.54) is 6.08 Å². The van der Waals surface area contributed by atoms with Crippen LogP contribution in [0.15, 0.2) is 30.3 Å². The van der Waals surface area contributed by atoms with Gasteiger partial charge in [-0.05, 0) is 17.7 Å². The van der Waals surface area contributed by atoms with Crippen LogP contribution in [-0.2, 0) is 4.79 Å². The fourth-order valence-corrected chi connectivity index (χ4v) is 0.924. The van der Waals surface area contributed by atoms with Crippen LogP contribution in [0.3, 0.4) is 0 Å². The molecule has 1 aromatic rings. The number of carboxylic acids is 1. The Labute approximate surface area is 76.0 Å². The van der Waals surface area contributed by atoms with Crippen molar-refractivity contribution in [2.75, 3.05) is 0 Å². The van der Waals surface area contributed by atoms with Gasteiger partial charge >= 0.3 is 5.97 Å². The van der Waals surface area contributed by atoms with Gasteiger partial charge in [0.1, 0.15) is 5.75 Å². The number of carbonyl (C=O) groups is 1. The van der Waals surface area contributed by atoms with Gasteiger partial charge in [-0.2, -0.15) is 0 Å². The second-order valence-corrected chi connectivity index (χ2v) is 2.60. The van der Waals surface area contributed by atoms with Crippen molar-refractivity contribution in [3.05, 3.63) is 35.9 Å². The molecule has 2 N–H and O–H groups in total. The van der Waals surface area contributed by atoms with Crippen molar-refractivity contribution >= 4 is 12.0 Å². The molecule has 68 valence electrons. The molecule has 0 spiro atoms. The molecule has 13 heavy (non-hydrogen) atoms. The quantitative estimate of drug-likeness (QED) is 0.742. The number of phenolic OH excluding ortho intramolecular Hbond substituents is 1. The topological polar surface area (TPSA) is 57.5 Å². The maximum atomic E-state index is 10.2. The van der Waals surface area contributed by atoms with Crippen molar-refractivity contribution in [1.82, 2.24) is 0 Å². The third kappa shape index (κ3) is 3.42. The third-order valence-corrected chi connectivity index (χ3v) is 1.47. The summed E-state index contributed by atoms with van der Waals surface area (Å²) in [5, 5.41) is 17.4. The third-order valence-electron chi connectivity index (χ3n) is 1.47. The molecule has 1 aromatic carbocycles. The standard InChI is InChI=1S/C10H10O3/c11-9-5-1-3-8(7-9)4-2-6-10(12)13/h1-5,7,11H,6H2,(H,12,13)/b4-2+. The number of aliphatic carboxylic acids is 1. The van der Waals surface area contributed by atoms with Gasteiger partial charge < -0.3 is 10.2 Å². The van der Waals surface area contributed by atoms with Crippen LogP contribution < -0.4 is 0 Å². The van der Waals surface area contributed by atoms with E-state index in [1.54, 1.807) is 30.3 Å². The Balaban J connectivity index is 2.63. The second-order valence-electron chi connectivity index (χ2n) is 2.60. The summed E-state index contributed by atoms with van der Waals surface area (Å²) >= 11 is 0. The van der Waals surface area contributed by atoms with E-state index in [9.17, 15) is 4.79 Å². The minimum Gasteiger partial charge on any atom is -0.508 e. The zero-order chi connectivity index (χ0) is 9.68. The second kappa shape index (κ2) is 4.30. The van der Waals surface area contributed by atoms with Crippen molar-refractivity contribution in [3.8, 4) is 5.75 Å². The smallest absolute Gasteiger partial charge is 0.307 e. The molecule has 0 heterocycles. The Hall–Kier alpha value is -1.77. The number of aromatic hydroxyl groups is 1. The minimum atomic E-state index is -0.864. The minimum absolute atomic E-state index is 0.00431. The molecule has 3 nitrogen and oxygen atoms in total. The SMILES string of the molecule is O=C(O)C/C=C/c1cccc(O)c1. The predicted molar refractivity (Wildman–Crippen MR) is 49.4 cm³/mol. The first-order valence-electron chi connectivity index (χ1n) is 3.86. The lowest BCUT2D eigenvalue weighted by molar-refractivity contribution is -0.135. The summed E-state index contributed by atoms with van der Waals surface area (Å²) < 4.78 is 0. The fraction of sp³-hybridized carbons (Fsp3) is 0.100. The molecule has 0 saturated heterocycles. The maximum Gasteiger partial charge on any atom is 0.307 e. The first-order valence-corrected chi connectivity index (χ1v) is 3.86. The lowest BCUT2D eigenvalue weighted by Gasteiger charge is -1.93. The van der Waals surface area contributed by atoms with Gasteiger partial charge in [-0.25, -0.2) is 0 Å². The summed E-state index contributed by atoms with van der Waals surface area (Å²) in [7, 11) is 0. The molecule has 0 saturated carbocycles. The van der Waals surface area contributed by atoms with Gasteiger partial charge in [0.2, 0.25) is 0 Å². The van der Waals surface area contributed by atoms with Gasteiger partial charge in [-0.3, -0.25) is 4.79 Å². The summed E-state index contributed by atoms with van der Waals surface area (Å²) in [5.41, 5.74) is 0.793. The van der Waals surface area contributed by atoms with E-state index in [0.29, 0.717) is 0 Å². The van der Waals surface area contributed by atoms with Gasteiger partial charge in [0, 0.05) is 0 Å². The van der Waals surface area contributed by atoms with Crippen LogP contribution in [0, 0.1) is 0 Å². The number of hydrogen-bond donors (Lipinski definition) is 2. The van der Waals surface area contributed by atoms with Crippen LogP contribution in [0.25, 0.3) is 6.08 Å². The Morgan fingerprint density at radius 3 is 2.85 bits per heavy atom. The highest BCUT2D eigenvalue weighted by Gasteiger charge is 1.91. The van der Waals surface area contributed by atoms with E-state index in [-0.39, 0.29) is 12.2 Å². The van der Waals surface area contributed by atoms with Crippen LogP contribution in [0.5, 0.6) is 5.75 Å². The highest BCUT2D eigenvalue weighted by Crippen LogP contribution is 2.12.